The van der Waals surface area contributed by atoms with Crippen molar-refractivity contribution in [2.45, 2.75) is 0 Å². The second kappa shape index (κ2) is 11.5. The van der Waals surface area contributed by atoms with E-state index in [9.17, 15) is 9.59 Å². The zero-order valence-corrected chi connectivity index (χ0v) is 19.9. The van der Waals surface area contributed by atoms with Crippen molar-refractivity contribution >= 4 is 57.9 Å². The number of nitrogens with zero attached hydrogens (tertiary/aromatic N) is 1. The lowest BCUT2D eigenvalue weighted by Crippen LogP contribution is -2.20. The van der Waals surface area contributed by atoms with Crippen molar-refractivity contribution in [2.24, 2.45) is 5.10 Å². The van der Waals surface area contributed by atoms with Crippen LogP contribution in [0.1, 0.15) is 15.9 Å². The van der Waals surface area contributed by atoms with E-state index in [1.807, 2.05) is 18.2 Å². The minimum Gasteiger partial charge on any atom is -0.493 e. The lowest BCUT2D eigenvalue weighted by atomic mass is 10.2. The standard InChI is InChI=1S/C23H19ClIN3O4/c1-31-20-12-15(13-26-28-23(30)16-7-9-17(24)10-8-16)11-19(25)22(20)32-14-21(29)27-18-5-3-2-4-6-18/h2-13H,14H2,1H3,(H,27,29)(H,28,30)/b26-13-. The van der Waals surface area contributed by atoms with E-state index in [2.05, 4.69) is 38.4 Å². The number of para-hydroxylation sites is 1. The van der Waals surface area contributed by atoms with Crippen molar-refractivity contribution in [1.82, 2.24) is 5.43 Å². The van der Waals surface area contributed by atoms with Gasteiger partial charge in [0.2, 0.25) is 0 Å². The molecule has 2 amide bonds. The van der Waals surface area contributed by atoms with Crippen molar-refractivity contribution in [2.75, 3.05) is 19.0 Å². The van der Waals surface area contributed by atoms with Crippen LogP contribution in [0.4, 0.5) is 5.69 Å². The number of methoxy groups -OCH3 is 1. The van der Waals surface area contributed by atoms with Gasteiger partial charge in [-0.2, -0.15) is 5.10 Å². The van der Waals surface area contributed by atoms with Crippen LogP contribution in [-0.4, -0.2) is 31.7 Å². The summed E-state index contributed by atoms with van der Waals surface area (Å²) in [5.41, 5.74) is 4.28. The molecule has 0 aliphatic rings. The topological polar surface area (TPSA) is 89.0 Å². The third-order valence-electron chi connectivity index (χ3n) is 4.14. The van der Waals surface area contributed by atoms with Crippen molar-refractivity contribution < 1.29 is 19.1 Å². The Morgan fingerprint density at radius 1 is 1.09 bits per heavy atom. The van der Waals surface area contributed by atoms with Crippen molar-refractivity contribution in [3.8, 4) is 11.5 Å². The molecule has 0 saturated carbocycles. The molecular weight excluding hydrogens is 545 g/mol. The molecule has 9 heteroatoms. The summed E-state index contributed by atoms with van der Waals surface area (Å²) in [5, 5.41) is 7.29. The van der Waals surface area contributed by atoms with Gasteiger partial charge in [0.25, 0.3) is 11.8 Å². The lowest BCUT2D eigenvalue weighted by molar-refractivity contribution is -0.118. The first-order valence-electron chi connectivity index (χ1n) is 9.40. The molecule has 0 aliphatic heterocycles. The molecule has 0 heterocycles. The van der Waals surface area contributed by atoms with Crippen LogP contribution >= 0.6 is 34.2 Å². The Morgan fingerprint density at radius 3 is 2.50 bits per heavy atom. The number of carbonyl (C=O) groups is 2. The average Bonchev–Trinajstić information content (AvgIpc) is 2.79. The number of nitrogens with one attached hydrogen (secondary N) is 2. The Labute approximate surface area is 203 Å². The summed E-state index contributed by atoms with van der Waals surface area (Å²) >= 11 is 7.91. The van der Waals surface area contributed by atoms with Crippen molar-refractivity contribution in [3.63, 3.8) is 0 Å². The molecule has 3 rings (SSSR count). The molecule has 32 heavy (non-hydrogen) atoms. The molecule has 0 bridgehead atoms. The first-order chi connectivity index (χ1) is 15.5. The monoisotopic (exact) mass is 563 g/mol. The third-order valence-corrected chi connectivity index (χ3v) is 5.20. The van der Waals surface area contributed by atoms with E-state index in [1.54, 1.807) is 48.5 Å². The van der Waals surface area contributed by atoms with Gasteiger partial charge in [0.05, 0.1) is 16.9 Å². The van der Waals surface area contributed by atoms with E-state index in [4.69, 9.17) is 21.1 Å². The smallest absolute Gasteiger partial charge is 0.271 e. The van der Waals surface area contributed by atoms with Crippen LogP contribution in [0.5, 0.6) is 11.5 Å². The second-order valence-corrected chi connectivity index (χ2v) is 8.04. The molecule has 3 aromatic carbocycles. The molecule has 164 valence electrons. The Hall–Kier alpha value is -3.11. The summed E-state index contributed by atoms with van der Waals surface area (Å²) < 4.78 is 11.8. The van der Waals surface area contributed by atoms with Gasteiger partial charge in [0.15, 0.2) is 18.1 Å². The first-order valence-corrected chi connectivity index (χ1v) is 10.9. The van der Waals surface area contributed by atoms with Gasteiger partial charge in [-0.1, -0.05) is 29.8 Å². The average molecular weight is 564 g/mol. The minimum atomic E-state index is -0.357. The van der Waals surface area contributed by atoms with Gasteiger partial charge >= 0.3 is 0 Å². The summed E-state index contributed by atoms with van der Waals surface area (Å²) in [6.07, 6.45) is 1.49. The number of ether oxygens (including phenoxy) is 2. The van der Waals surface area contributed by atoms with Gasteiger partial charge in [-0.05, 0) is 76.7 Å². The van der Waals surface area contributed by atoms with Crippen LogP contribution in [0.25, 0.3) is 0 Å². The Kier molecular flexibility index (Phi) is 8.46. The fourth-order valence-corrected chi connectivity index (χ4v) is 3.55. The quantitative estimate of drug-likeness (QED) is 0.236. The number of hydrogen-bond donors (Lipinski definition) is 2. The van der Waals surface area contributed by atoms with Crippen LogP contribution in [-0.2, 0) is 4.79 Å². The molecule has 0 atom stereocenters. The molecule has 0 spiro atoms. The zero-order valence-electron chi connectivity index (χ0n) is 17.0. The summed E-state index contributed by atoms with van der Waals surface area (Å²) in [6.45, 7) is -0.175. The minimum absolute atomic E-state index is 0.175. The molecule has 7 nitrogen and oxygen atoms in total. The predicted molar refractivity (Wildman–Crippen MR) is 133 cm³/mol. The van der Waals surface area contributed by atoms with Crippen LogP contribution < -0.4 is 20.2 Å². The van der Waals surface area contributed by atoms with Gasteiger partial charge in [-0.3, -0.25) is 9.59 Å². The normalized spacial score (nSPS) is 10.6. The molecule has 3 aromatic rings. The summed E-state index contributed by atoms with van der Waals surface area (Å²) in [5.74, 6) is 0.238. The molecule has 0 aromatic heterocycles. The molecule has 0 unspecified atom stereocenters. The number of amides is 2. The van der Waals surface area contributed by atoms with Gasteiger partial charge in [-0.15, -0.1) is 0 Å². The number of rotatable bonds is 8. The second-order valence-electron chi connectivity index (χ2n) is 6.44. The largest absolute Gasteiger partial charge is 0.493 e. The van der Waals surface area contributed by atoms with E-state index in [0.717, 1.165) is 3.57 Å². The Bertz CT molecular complexity index is 1120. The SMILES string of the molecule is COc1cc(/C=N\NC(=O)c2ccc(Cl)cc2)cc(I)c1OCC(=O)Nc1ccccc1. The van der Waals surface area contributed by atoms with Crippen LogP contribution in [0.15, 0.2) is 71.8 Å². The summed E-state index contributed by atoms with van der Waals surface area (Å²) in [6, 6.07) is 19.1. The Morgan fingerprint density at radius 2 is 1.81 bits per heavy atom. The lowest BCUT2D eigenvalue weighted by Gasteiger charge is -2.13. The predicted octanol–water partition coefficient (Wildman–Crippen LogP) is 4.73. The van der Waals surface area contributed by atoms with Crippen LogP contribution in [0.2, 0.25) is 5.02 Å². The Balaban J connectivity index is 1.62. The zero-order chi connectivity index (χ0) is 22.9. The van der Waals surface area contributed by atoms with Crippen molar-refractivity contribution in [1.29, 1.82) is 0 Å². The maximum Gasteiger partial charge on any atom is 0.271 e. The number of hydrogen-bond acceptors (Lipinski definition) is 5. The number of carbonyl (C=O) groups excluding carboxylic acids is 2. The van der Waals surface area contributed by atoms with E-state index in [0.29, 0.717) is 33.3 Å². The maximum atomic E-state index is 12.2. The molecule has 0 saturated heterocycles. The maximum absolute atomic E-state index is 12.2. The van der Waals surface area contributed by atoms with E-state index in [-0.39, 0.29) is 18.4 Å². The van der Waals surface area contributed by atoms with Gasteiger partial charge < -0.3 is 14.8 Å². The van der Waals surface area contributed by atoms with Gasteiger partial charge in [-0.25, -0.2) is 5.43 Å². The van der Waals surface area contributed by atoms with Crippen LogP contribution in [0, 0.1) is 3.57 Å². The summed E-state index contributed by atoms with van der Waals surface area (Å²) in [4.78, 5) is 24.3. The number of halogens is 2. The first kappa shape index (κ1) is 23.6. The molecule has 2 N–H and O–H groups in total. The molecule has 0 fully saturated rings. The number of benzene rings is 3. The molecule has 0 aliphatic carbocycles. The summed E-state index contributed by atoms with van der Waals surface area (Å²) in [7, 11) is 1.51. The fraction of sp³-hybridized carbons (Fsp3) is 0.0870. The van der Waals surface area contributed by atoms with Gasteiger partial charge in [0.1, 0.15) is 0 Å². The van der Waals surface area contributed by atoms with E-state index in [1.165, 1.54) is 13.3 Å². The van der Waals surface area contributed by atoms with E-state index >= 15 is 0 Å². The van der Waals surface area contributed by atoms with Gasteiger partial charge in [0, 0.05) is 16.3 Å². The third kappa shape index (κ3) is 6.69. The molecule has 0 radical (unpaired) electrons. The highest BCUT2D eigenvalue weighted by atomic mass is 127. The highest BCUT2D eigenvalue weighted by Gasteiger charge is 2.13. The fourth-order valence-electron chi connectivity index (χ4n) is 2.64. The highest BCUT2D eigenvalue weighted by molar-refractivity contribution is 14.1. The van der Waals surface area contributed by atoms with E-state index < -0.39 is 0 Å². The number of anilines is 1. The van der Waals surface area contributed by atoms with Crippen LogP contribution in [0.3, 0.4) is 0 Å². The molecular formula is C23H19ClIN3O4. The number of hydrazone groups is 1. The van der Waals surface area contributed by atoms with Crippen molar-refractivity contribution in [3.05, 3.63) is 86.4 Å². The highest BCUT2D eigenvalue weighted by Crippen LogP contribution is 2.33.